The molecule has 40 heavy (non-hydrogen) atoms. The largest absolute Gasteiger partial charge is 0.432 e. The fourth-order valence-electron chi connectivity index (χ4n) is 5.16. The third-order valence-electron chi connectivity index (χ3n) is 7.27. The molecule has 4 heterocycles. The Labute approximate surface area is 241 Å². The van der Waals surface area contributed by atoms with Crippen LogP contribution in [0.2, 0.25) is 10.0 Å². The SMILES string of the molecule is Cc1[nH]ncc1-c1ccc(-c2nc3oc(C(=O)C(C)C)c(N4CCCC4=O)c3cc2-c2ccc(Cl)cc2)c(Cl)c1. The summed E-state index contributed by atoms with van der Waals surface area (Å²) in [6.07, 6.45) is 2.91. The number of benzene rings is 2. The molecule has 0 atom stereocenters. The molecule has 2 aromatic carbocycles. The number of carbonyl (C=O) groups excluding carboxylic acids is 2. The van der Waals surface area contributed by atoms with Gasteiger partial charge in [0.2, 0.25) is 17.4 Å². The molecule has 1 saturated heterocycles. The van der Waals surface area contributed by atoms with Crippen LogP contribution in [0.1, 0.15) is 42.9 Å². The van der Waals surface area contributed by atoms with E-state index in [4.69, 9.17) is 32.6 Å². The second-order valence-corrected chi connectivity index (χ2v) is 11.1. The van der Waals surface area contributed by atoms with Gasteiger partial charge in [-0.3, -0.25) is 14.7 Å². The van der Waals surface area contributed by atoms with E-state index >= 15 is 0 Å². The number of H-pyrrole nitrogens is 1. The topological polar surface area (TPSA) is 92.1 Å². The lowest BCUT2D eigenvalue weighted by Gasteiger charge is -2.17. The minimum absolute atomic E-state index is 0.0363. The third-order valence-corrected chi connectivity index (χ3v) is 7.83. The molecule has 1 amide bonds. The number of anilines is 1. The van der Waals surface area contributed by atoms with Gasteiger partial charge in [-0.05, 0) is 48.7 Å². The summed E-state index contributed by atoms with van der Waals surface area (Å²) >= 11 is 13.1. The van der Waals surface area contributed by atoms with Crippen LogP contribution in [-0.4, -0.2) is 33.4 Å². The third kappa shape index (κ3) is 4.49. The zero-order chi connectivity index (χ0) is 28.1. The van der Waals surface area contributed by atoms with E-state index in [0.29, 0.717) is 51.8 Å². The van der Waals surface area contributed by atoms with E-state index in [2.05, 4.69) is 10.2 Å². The van der Waals surface area contributed by atoms with Gasteiger partial charge in [0.1, 0.15) is 5.69 Å². The van der Waals surface area contributed by atoms with Gasteiger partial charge in [0.15, 0.2) is 5.76 Å². The summed E-state index contributed by atoms with van der Waals surface area (Å²) in [5, 5.41) is 8.79. The molecule has 1 N–H and O–H groups in total. The van der Waals surface area contributed by atoms with E-state index in [1.807, 2.05) is 69.3 Å². The van der Waals surface area contributed by atoms with E-state index in [1.165, 1.54) is 0 Å². The van der Waals surface area contributed by atoms with Crippen molar-refractivity contribution in [2.45, 2.75) is 33.6 Å². The van der Waals surface area contributed by atoms with Crippen LogP contribution >= 0.6 is 23.2 Å². The van der Waals surface area contributed by atoms with Crippen LogP contribution in [0, 0.1) is 12.8 Å². The van der Waals surface area contributed by atoms with Crippen LogP contribution in [0.4, 0.5) is 5.69 Å². The van der Waals surface area contributed by atoms with Crippen molar-refractivity contribution in [2.24, 2.45) is 5.92 Å². The number of aromatic nitrogens is 3. The maximum atomic E-state index is 13.3. The van der Waals surface area contributed by atoms with Gasteiger partial charge in [-0.25, -0.2) is 4.98 Å². The molecular weight excluding hydrogens is 547 g/mol. The van der Waals surface area contributed by atoms with Gasteiger partial charge in [-0.2, -0.15) is 5.10 Å². The van der Waals surface area contributed by atoms with E-state index in [0.717, 1.165) is 27.9 Å². The van der Waals surface area contributed by atoms with Crippen LogP contribution < -0.4 is 4.90 Å². The lowest BCUT2D eigenvalue weighted by molar-refractivity contribution is -0.117. The highest BCUT2D eigenvalue weighted by Gasteiger charge is 2.33. The first kappa shape index (κ1) is 26.3. The van der Waals surface area contributed by atoms with Crippen molar-refractivity contribution in [3.05, 3.63) is 76.2 Å². The minimum atomic E-state index is -0.319. The normalized spacial score (nSPS) is 13.7. The second-order valence-electron chi connectivity index (χ2n) is 10.3. The number of hydrogen-bond acceptors (Lipinski definition) is 5. The predicted molar refractivity (Wildman–Crippen MR) is 158 cm³/mol. The van der Waals surface area contributed by atoms with E-state index < -0.39 is 0 Å². The number of rotatable bonds is 6. The summed E-state index contributed by atoms with van der Waals surface area (Å²) < 4.78 is 6.16. The smallest absolute Gasteiger partial charge is 0.229 e. The number of amides is 1. The minimum Gasteiger partial charge on any atom is -0.432 e. The Morgan fingerprint density at radius 3 is 2.40 bits per heavy atom. The zero-order valence-electron chi connectivity index (χ0n) is 22.2. The lowest BCUT2D eigenvalue weighted by atomic mass is 9.96. The van der Waals surface area contributed by atoms with Gasteiger partial charge < -0.3 is 9.32 Å². The standard InChI is InChI=1S/C31H26Cl2N4O3/c1-16(2)29(39)30-28(37-12-4-5-26(37)38)23-14-22(18-6-9-20(32)10-7-18)27(35-31(23)40-30)21-11-8-19(13-25(21)33)24-15-34-36-17(24)3/h6-11,13-16H,4-5,12H2,1-3H3,(H,34,36). The molecule has 0 unspecified atom stereocenters. The number of Topliss-reactive ketones (excluding diaryl/α,β-unsaturated/α-hetero) is 1. The highest BCUT2D eigenvalue weighted by molar-refractivity contribution is 6.34. The number of ketones is 1. The van der Waals surface area contributed by atoms with Crippen molar-refractivity contribution in [1.82, 2.24) is 15.2 Å². The summed E-state index contributed by atoms with van der Waals surface area (Å²) in [5.41, 5.74) is 6.50. The van der Waals surface area contributed by atoms with Crippen LogP contribution in [0.25, 0.3) is 44.6 Å². The van der Waals surface area contributed by atoms with Crippen LogP contribution in [0.15, 0.2) is 59.1 Å². The van der Waals surface area contributed by atoms with Crippen LogP contribution in [-0.2, 0) is 4.79 Å². The van der Waals surface area contributed by atoms with Crippen molar-refractivity contribution in [3.8, 4) is 33.5 Å². The molecule has 1 aliphatic rings. The van der Waals surface area contributed by atoms with Crippen molar-refractivity contribution in [1.29, 1.82) is 0 Å². The Morgan fingerprint density at radius 1 is 1.02 bits per heavy atom. The van der Waals surface area contributed by atoms with Gasteiger partial charge in [0, 0.05) is 46.3 Å². The van der Waals surface area contributed by atoms with Gasteiger partial charge in [-0.1, -0.05) is 61.3 Å². The first-order valence-electron chi connectivity index (χ1n) is 13.1. The summed E-state index contributed by atoms with van der Waals surface area (Å²) in [6, 6.07) is 15.2. The first-order valence-corrected chi connectivity index (χ1v) is 13.9. The maximum absolute atomic E-state index is 13.3. The number of furan rings is 1. The summed E-state index contributed by atoms with van der Waals surface area (Å²) in [6.45, 7) is 6.09. The zero-order valence-corrected chi connectivity index (χ0v) is 23.7. The van der Waals surface area contributed by atoms with Crippen molar-refractivity contribution in [3.63, 3.8) is 0 Å². The average Bonchev–Trinajstić information content (AvgIpc) is 3.65. The number of fused-ring (bicyclic) bond motifs is 1. The molecule has 0 spiro atoms. The Balaban J connectivity index is 1.61. The number of pyridine rings is 1. The molecule has 3 aromatic heterocycles. The maximum Gasteiger partial charge on any atom is 0.229 e. The Bertz CT molecular complexity index is 1790. The molecule has 9 heteroatoms. The number of nitrogens with one attached hydrogen (secondary N) is 1. The molecule has 0 radical (unpaired) electrons. The van der Waals surface area contributed by atoms with Gasteiger partial charge in [0.25, 0.3) is 0 Å². The highest BCUT2D eigenvalue weighted by Crippen LogP contribution is 2.43. The van der Waals surface area contributed by atoms with Gasteiger partial charge in [0.05, 0.1) is 22.3 Å². The first-order chi connectivity index (χ1) is 19.2. The number of carbonyl (C=O) groups is 2. The van der Waals surface area contributed by atoms with Crippen molar-refractivity contribution >= 4 is 51.7 Å². The van der Waals surface area contributed by atoms with Crippen LogP contribution in [0.3, 0.4) is 0 Å². The fraction of sp³-hybridized carbons (Fsp3) is 0.226. The Hall–Kier alpha value is -3.94. The second kappa shape index (κ2) is 10.2. The molecule has 1 fully saturated rings. The summed E-state index contributed by atoms with van der Waals surface area (Å²) in [4.78, 5) is 32.7. The quantitative estimate of drug-likeness (QED) is 0.207. The monoisotopic (exact) mass is 572 g/mol. The van der Waals surface area contributed by atoms with E-state index in [-0.39, 0.29) is 29.1 Å². The number of halogens is 2. The van der Waals surface area contributed by atoms with Crippen molar-refractivity contribution in [2.75, 3.05) is 11.4 Å². The summed E-state index contributed by atoms with van der Waals surface area (Å²) in [5.74, 6) is -0.379. The molecule has 202 valence electrons. The molecule has 0 bridgehead atoms. The Kier molecular flexibility index (Phi) is 6.72. The lowest BCUT2D eigenvalue weighted by Crippen LogP contribution is -2.25. The molecular formula is C31H26Cl2N4O3. The number of hydrogen-bond donors (Lipinski definition) is 1. The molecule has 0 aliphatic carbocycles. The number of aromatic amines is 1. The molecule has 0 saturated carbocycles. The predicted octanol–water partition coefficient (Wildman–Crippen LogP) is 8.13. The number of aryl methyl sites for hydroxylation is 1. The molecule has 6 rings (SSSR count). The molecule has 7 nitrogen and oxygen atoms in total. The Morgan fingerprint density at radius 2 is 1.77 bits per heavy atom. The summed E-state index contributed by atoms with van der Waals surface area (Å²) in [7, 11) is 0. The van der Waals surface area contributed by atoms with Crippen LogP contribution in [0.5, 0.6) is 0 Å². The fourth-order valence-corrected chi connectivity index (χ4v) is 5.56. The average molecular weight is 573 g/mol. The highest BCUT2D eigenvalue weighted by atomic mass is 35.5. The van der Waals surface area contributed by atoms with E-state index in [9.17, 15) is 9.59 Å². The molecule has 5 aromatic rings. The van der Waals surface area contributed by atoms with Gasteiger partial charge in [-0.15, -0.1) is 0 Å². The molecule has 1 aliphatic heterocycles. The number of nitrogens with zero attached hydrogens (tertiary/aromatic N) is 3. The van der Waals surface area contributed by atoms with Crippen molar-refractivity contribution < 1.29 is 14.0 Å². The van der Waals surface area contributed by atoms with E-state index in [1.54, 1.807) is 11.1 Å². The van der Waals surface area contributed by atoms with Gasteiger partial charge >= 0.3 is 0 Å².